The van der Waals surface area contributed by atoms with Gasteiger partial charge < -0.3 is 15.2 Å². The quantitative estimate of drug-likeness (QED) is 0.751. The fourth-order valence-corrected chi connectivity index (χ4v) is 2.38. The number of hydrogen-bond acceptors (Lipinski definition) is 3. The highest BCUT2D eigenvalue weighted by atomic mass is 16.5. The number of rotatable bonds is 6. The zero-order valence-corrected chi connectivity index (χ0v) is 11.8. The third-order valence-electron chi connectivity index (χ3n) is 4.51. The van der Waals surface area contributed by atoms with Gasteiger partial charge in [-0.1, -0.05) is 13.8 Å². The largest absolute Gasteiger partial charge is 0.394 e. The van der Waals surface area contributed by atoms with Gasteiger partial charge in [0.25, 0.3) is 0 Å². The lowest BCUT2D eigenvalue weighted by molar-refractivity contribution is -0.00920. The normalized spacial score (nSPS) is 33.4. The molecule has 0 bridgehead atoms. The molecule has 0 aliphatic heterocycles. The molecule has 0 saturated heterocycles. The smallest absolute Gasteiger partial charge is 0.0611 e. The van der Waals surface area contributed by atoms with Crippen molar-refractivity contribution in [3.05, 3.63) is 0 Å². The molecule has 1 aliphatic carbocycles. The van der Waals surface area contributed by atoms with Crippen LogP contribution in [0.3, 0.4) is 0 Å². The molecule has 0 aromatic heterocycles. The van der Waals surface area contributed by atoms with Crippen molar-refractivity contribution >= 4 is 0 Å². The molecule has 1 fully saturated rings. The van der Waals surface area contributed by atoms with Gasteiger partial charge in [-0.25, -0.2) is 0 Å². The van der Waals surface area contributed by atoms with Crippen molar-refractivity contribution in [1.29, 1.82) is 0 Å². The molecule has 1 aliphatic rings. The van der Waals surface area contributed by atoms with E-state index in [-0.39, 0.29) is 12.1 Å². The minimum atomic E-state index is -0.201. The monoisotopic (exact) mass is 243 g/mol. The van der Waals surface area contributed by atoms with Crippen molar-refractivity contribution in [2.75, 3.05) is 20.3 Å². The van der Waals surface area contributed by atoms with Crippen LogP contribution in [-0.4, -0.2) is 37.0 Å². The standard InChI is InChI=1S/C14H29NO2/c1-11-5-6-13(9-12(11)2)17-8-7-14(3,10-16)15-4/h11-13,15-16H,5-10H2,1-4H3. The maximum absolute atomic E-state index is 9.28. The Morgan fingerprint density at radius 1 is 1.29 bits per heavy atom. The van der Waals surface area contributed by atoms with Crippen LogP contribution < -0.4 is 5.32 Å². The Bertz CT molecular complexity index is 216. The van der Waals surface area contributed by atoms with Gasteiger partial charge in [-0.3, -0.25) is 0 Å². The van der Waals surface area contributed by atoms with Crippen molar-refractivity contribution in [3.63, 3.8) is 0 Å². The summed E-state index contributed by atoms with van der Waals surface area (Å²) in [6.07, 6.45) is 4.97. The Hall–Kier alpha value is -0.120. The summed E-state index contributed by atoms with van der Waals surface area (Å²) in [4.78, 5) is 0. The Balaban J connectivity index is 2.23. The van der Waals surface area contributed by atoms with E-state index in [2.05, 4.69) is 19.2 Å². The summed E-state index contributed by atoms with van der Waals surface area (Å²) in [5.41, 5.74) is -0.201. The molecule has 0 amide bonds. The molecule has 0 radical (unpaired) electrons. The summed E-state index contributed by atoms with van der Waals surface area (Å²) in [5.74, 6) is 1.62. The number of aliphatic hydroxyl groups excluding tert-OH is 1. The highest BCUT2D eigenvalue weighted by Crippen LogP contribution is 2.31. The average Bonchev–Trinajstić information content (AvgIpc) is 2.33. The number of hydrogen-bond donors (Lipinski definition) is 2. The third-order valence-corrected chi connectivity index (χ3v) is 4.51. The lowest BCUT2D eigenvalue weighted by Gasteiger charge is -2.33. The van der Waals surface area contributed by atoms with E-state index in [9.17, 15) is 5.11 Å². The second-order valence-electron chi connectivity index (χ2n) is 5.98. The fraction of sp³-hybridized carbons (Fsp3) is 1.00. The lowest BCUT2D eigenvalue weighted by Crippen LogP contribution is -2.44. The Morgan fingerprint density at radius 2 is 2.00 bits per heavy atom. The molecule has 102 valence electrons. The first kappa shape index (κ1) is 14.9. The summed E-state index contributed by atoms with van der Waals surface area (Å²) in [6.45, 7) is 7.59. The summed E-state index contributed by atoms with van der Waals surface area (Å²) >= 11 is 0. The van der Waals surface area contributed by atoms with Crippen molar-refractivity contribution in [3.8, 4) is 0 Å². The summed E-state index contributed by atoms with van der Waals surface area (Å²) in [6, 6.07) is 0. The molecule has 1 saturated carbocycles. The number of likely N-dealkylation sites (N-methyl/N-ethyl adjacent to an activating group) is 1. The Labute approximate surface area is 106 Å². The van der Waals surface area contributed by atoms with E-state index in [1.807, 2.05) is 14.0 Å². The SMILES string of the molecule is CNC(C)(CO)CCOC1CCC(C)C(C)C1. The van der Waals surface area contributed by atoms with Crippen LogP contribution in [0.2, 0.25) is 0 Å². The maximum Gasteiger partial charge on any atom is 0.0611 e. The molecule has 4 unspecified atom stereocenters. The minimum absolute atomic E-state index is 0.158. The van der Waals surface area contributed by atoms with Gasteiger partial charge in [0.05, 0.1) is 12.7 Å². The van der Waals surface area contributed by atoms with E-state index in [0.717, 1.165) is 24.9 Å². The van der Waals surface area contributed by atoms with E-state index in [1.54, 1.807) is 0 Å². The second-order valence-corrected chi connectivity index (χ2v) is 5.98. The first-order chi connectivity index (χ1) is 8.00. The fourth-order valence-electron chi connectivity index (χ4n) is 2.38. The van der Waals surface area contributed by atoms with Crippen molar-refractivity contribution < 1.29 is 9.84 Å². The van der Waals surface area contributed by atoms with Gasteiger partial charge in [0.2, 0.25) is 0 Å². The van der Waals surface area contributed by atoms with E-state index in [1.165, 1.54) is 19.3 Å². The van der Waals surface area contributed by atoms with Gasteiger partial charge in [-0.2, -0.15) is 0 Å². The molecular weight excluding hydrogens is 214 g/mol. The lowest BCUT2D eigenvalue weighted by atomic mass is 9.80. The molecule has 1 rings (SSSR count). The first-order valence-corrected chi connectivity index (χ1v) is 6.92. The Kier molecular flexibility index (Phi) is 5.90. The molecule has 2 N–H and O–H groups in total. The van der Waals surface area contributed by atoms with Gasteiger partial charge in [0, 0.05) is 12.1 Å². The summed E-state index contributed by atoms with van der Waals surface area (Å²) in [5, 5.41) is 12.4. The highest BCUT2D eigenvalue weighted by molar-refractivity contribution is 4.81. The summed E-state index contributed by atoms with van der Waals surface area (Å²) < 4.78 is 5.95. The van der Waals surface area contributed by atoms with E-state index < -0.39 is 0 Å². The average molecular weight is 243 g/mol. The molecule has 0 heterocycles. The minimum Gasteiger partial charge on any atom is -0.394 e. The zero-order valence-electron chi connectivity index (χ0n) is 11.8. The number of ether oxygens (including phenoxy) is 1. The van der Waals surface area contributed by atoms with Crippen LogP contribution >= 0.6 is 0 Å². The molecule has 0 spiro atoms. The van der Waals surface area contributed by atoms with Crippen molar-refractivity contribution in [2.45, 2.75) is 58.1 Å². The van der Waals surface area contributed by atoms with Crippen LogP contribution in [0, 0.1) is 11.8 Å². The zero-order chi connectivity index (χ0) is 12.9. The van der Waals surface area contributed by atoms with Crippen LogP contribution in [0.5, 0.6) is 0 Å². The van der Waals surface area contributed by atoms with Crippen LogP contribution in [0.4, 0.5) is 0 Å². The molecule has 3 heteroatoms. The highest BCUT2D eigenvalue weighted by Gasteiger charge is 2.26. The first-order valence-electron chi connectivity index (χ1n) is 6.92. The van der Waals surface area contributed by atoms with Gasteiger partial charge in [-0.15, -0.1) is 0 Å². The number of nitrogens with one attached hydrogen (secondary N) is 1. The molecule has 0 aromatic rings. The third kappa shape index (κ3) is 4.57. The molecule has 4 atom stereocenters. The van der Waals surface area contributed by atoms with Crippen LogP contribution in [-0.2, 0) is 4.74 Å². The number of aliphatic hydroxyl groups is 1. The van der Waals surface area contributed by atoms with Gasteiger partial charge in [0.1, 0.15) is 0 Å². The maximum atomic E-state index is 9.28. The van der Waals surface area contributed by atoms with Crippen molar-refractivity contribution in [2.24, 2.45) is 11.8 Å². The molecule has 17 heavy (non-hydrogen) atoms. The van der Waals surface area contributed by atoms with Gasteiger partial charge in [0.15, 0.2) is 0 Å². The van der Waals surface area contributed by atoms with E-state index in [0.29, 0.717) is 6.10 Å². The van der Waals surface area contributed by atoms with E-state index in [4.69, 9.17) is 4.74 Å². The predicted octanol–water partition coefficient (Wildman–Crippen LogP) is 2.19. The second kappa shape index (κ2) is 6.72. The topological polar surface area (TPSA) is 41.5 Å². The predicted molar refractivity (Wildman–Crippen MR) is 71.1 cm³/mol. The molecule has 3 nitrogen and oxygen atoms in total. The van der Waals surface area contributed by atoms with Gasteiger partial charge in [-0.05, 0) is 51.5 Å². The van der Waals surface area contributed by atoms with Crippen LogP contribution in [0.25, 0.3) is 0 Å². The molecular formula is C14H29NO2. The van der Waals surface area contributed by atoms with Crippen molar-refractivity contribution in [1.82, 2.24) is 5.32 Å². The molecule has 0 aromatic carbocycles. The van der Waals surface area contributed by atoms with E-state index >= 15 is 0 Å². The van der Waals surface area contributed by atoms with Crippen LogP contribution in [0.15, 0.2) is 0 Å². The van der Waals surface area contributed by atoms with Crippen LogP contribution in [0.1, 0.15) is 46.5 Å². The Morgan fingerprint density at radius 3 is 2.53 bits per heavy atom. The summed E-state index contributed by atoms with van der Waals surface area (Å²) in [7, 11) is 1.89. The van der Waals surface area contributed by atoms with Gasteiger partial charge >= 0.3 is 0 Å².